The smallest absolute Gasteiger partial charge is 0.387 e. The molecule has 0 radical (unpaired) electrons. The largest absolute Gasteiger partial charge is 0.460 e. The van der Waals surface area contributed by atoms with E-state index in [9.17, 15) is 13.6 Å². The number of nitrogens with zero attached hydrogens (tertiary/aromatic N) is 2. The van der Waals surface area contributed by atoms with Crippen molar-refractivity contribution in [1.29, 1.82) is 0 Å². The summed E-state index contributed by atoms with van der Waals surface area (Å²) >= 11 is 6.10. The van der Waals surface area contributed by atoms with E-state index in [0.717, 1.165) is 16.7 Å². The fourth-order valence-corrected chi connectivity index (χ4v) is 3.95. The van der Waals surface area contributed by atoms with Gasteiger partial charge in [-0.2, -0.15) is 14.3 Å². The van der Waals surface area contributed by atoms with E-state index in [1.54, 1.807) is 31.5 Å². The van der Waals surface area contributed by atoms with Gasteiger partial charge in [-0.15, -0.1) is 0 Å². The molecule has 1 aliphatic heterocycles. The fourth-order valence-electron chi connectivity index (χ4n) is 3.78. The average molecular weight is 474 g/mol. The van der Waals surface area contributed by atoms with E-state index in [2.05, 4.69) is 25.0 Å². The molecule has 2 heterocycles. The molecule has 3 aromatic rings. The number of hydrogen-bond acceptors (Lipinski definition) is 7. The molecular formula is C23H18ClF2N3O4. The van der Waals surface area contributed by atoms with E-state index >= 15 is 0 Å². The molecule has 7 nitrogen and oxygen atoms in total. The molecule has 1 aliphatic rings. The quantitative estimate of drug-likeness (QED) is 0.398. The number of benzene rings is 2. The molecule has 0 fully saturated rings. The number of aryl methyl sites for hydroxylation is 1. The van der Waals surface area contributed by atoms with Gasteiger partial charge in [-0.25, -0.2) is 4.99 Å². The van der Waals surface area contributed by atoms with Crippen molar-refractivity contribution in [2.45, 2.75) is 19.1 Å². The summed E-state index contributed by atoms with van der Waals surface area (Å²) < 4.78 is 35.5. The van der Waals surface area contributed by atoms with Gasteiger partial charge in [-0.3, -0.25) is 9.78 Å². The van der Waals surface area contributed by atoms with Gasteiger partial charge in [0.1, 0.15) is 12.4 Å². The molecule has 170 valence electrons. The highest BCUT2D eigenvalue weighted by Gasteiger charge is 2.42. The molecule has 1 unspecified atom stereocenters. The van der Waals surface area contributed by atoms with Crippen molar-refractivity contribution in [2.75, 3.05) is 6.61 Å². The molecule has 0 aliphatic carbocycles. The molecule has 0 spiro atoms. The number of ether oxygens (including phenoxy) is 2. The van der Waals surface area contributed by atoms with Crippen LogP contribution in [0.25, 0.3) is 11.1 Å². The highest BCUT2D eigenvalue weighted by atomic mass is 35.5. The summed E-state index contributed by atoms with van der Waals surface area (Å²) in [5.41, 5.74) is 5.07. The molecule has 1 N–H and O–H groups in total. The van der Waals surface area contributed by atoms with Crippen molar-refractivity contribution in [3.63, 3.8) is 0 Å². The van der Waals surface area contributed by atoms with Gasteiger partial charge in [0.25, 0.3) is 0 Å². The molecule has 10 heteroatoms. The number of aliphatic imine (C=N–C) groups is 1. The number of carbonyl (C=O) groups excluding carboxylic acids is 1. The van der Waals surface area contributed by atoms with Gasteiger partial charge in [0, 0.05) is 18.0 Å². The molecule has 1 aromatic heterocycles. The number of amidine groups is 1. The molecule has 0 saturated carbocycles. The summed E-state index contributed by atoms with van der Waals surface area (Å²) in [6, 6.07) is 14.0. The predicted molar refractivity (Wildman–Crippen MR) is 117 cm³/mol. The highest BCUT2D eigenvalue weighted by molar-refractivity contribution is 6.30. The maximum Gasteiger partial charge on any atom is 0.387 e. The Morgan fingerprint density at radius 3 is 2.76 bits per heavy atom. The zero-order chi connectivity index (χ0) is 23.4. The Kier molecular flexibility index (Phi) is 6.41. The Bertz CT molecular complexity index is 1210. The van der Waals surface area contributed by atoms with Crippen molar-refractivity contribution in [3.05, 3.63) is 82.6 Å². The van der Waals surface area contributed by atoms with Crippen LogP contribution < -0.4 is 10.2 Å². The second kappa shape index (κ2) is 9.41. The normalized spacial score (nSPS) is 17.3. The number of pyridine rings is 1. The lowest BCUT2D eigenvalue weighted by Crippen LogP contribution is -2.28. The SMILES string of the molecule is Cc1cc(OC(F)F)ccc1C1(c2cccc(-c3cncc(Cl)c3)c2)COC(NOC=O)=N1. The van der Waals surface area contributed by atoms with Crippen LogP contribution in [0.1, 0.15) is 16.7 Å². The minimum Gasteiger partial charge on any atom is -0.460 e. The first-order valence-corrected chi connectivity index (χ1v) is 10.1. The molecule has 4 rings (SSSR count). The van der Waals surface area contributed by atoms with Gasteiger partial charge in [-0.05, 0) is 53.4 Å². The monoisotopic (exact) mass is 473 g/mol. The maximum absolute atomic E-state index is 12.7. The van der Waals surface area contributed by atoms with Gasteiger partial charge in [0.2, 0.25) is 0 Å². The van der Waals surface area contributed by atoms with Crippen LogP contribution in [0.3, 0.4) is 0 Å². The van der Waals surface area contributed by atoms with Gasteiger partial charge in [0.05, 0.1) is 5.02 Å². The first kappa shape index (κ1) is 22.5. The minimum atomic E-state index is -2.93. The lowest BCUT2D eigenvalue weighted by molar-refractivity contribution is -0.132. The molecular weight excluding hydrogens is 456 g/mol. The standard InChI is InChI=1S/C23H18ClF2N3O4/c1-14-7-19(33-21(25)26)5-6-20(14)23(12-31-22(28-23)29-32-13-30)17-4-2-3-15(8-17)16-9-18(24)11-27-10-16/h2-11,13,21H,12H2,1H3,(H,28,29). The number of alkyl halides is 2. The third-order valence-corrected chi connectivity index (χ3v) is 5.36. The molecule has 0 amide bonds. The van der Waals surface area contributed by atoms with Crippen molar-refractivity contribution in [2.24, 2.45) is 4.99 Å². The van der Waals surface area contributed by atoms with E-state index in [0.29, 0.717) is 16.1 Å². The van der Waals surface area contributed by atoms with Crippen LogP contribution in [0.5, 0.6) is 5.75 Å². The van der Waals surface area contributed by atoms with Crippen LogP contribution >= 0.6 is 11.6 Å². The lowest BCUT2D eigenvalue weighted by atomic mass is 9.81. The van der Waals surface area contributed by atoms with Gasteiger partial charge >= 0.3 is 19.1 Å². The summed E-state index contributed by atoms with van der Waals surface area (Å²) in [7, 11) is 0. The number of hydrogen-bond donors (Lipinski definition) is 1. The Balaban J connectivity index is 1.83. The van der Waals surface area contributed by atoms with Crippen molar-refractivity contribution in [1.82, 2.24) is 10.5 Å². The van der Waals surface area contributed by atoms with E-state index in [4.69, 9.17) is 16.3 Å². The second-order valence-electron chi connectivity index (χ2n) is 7.21. The van der Waals surface area contributed by atoms with E-state index in [-0.39, 0.29) is 24.9 Å². The summed E-state index contributed by atoms with van der Waals surface area (Å²) in [5.74, 6) is 0.0330. The van der Waals surface area contributed by atoms with Crippen LogP contribution in [-0.4, -0.2) is 30.7 Å². The zero-order valence-corrected chi connectivity index (χ0v) is 18.1. The number of nitrogens with one attached hydrogen (secondary N) is 1. The fraction of sp³-hybridized carbons (Fsp3) is 0.174. The Morgan fingerprint density at radius 2 is 2.03 bits per heavy atom. The Hall–Kier alpha value is -3.72. The number of rotatable bonds is 7. The number of aromatic nitrogens is 1. The van der Waals surface area contributed by atoms with E-state index < -0.39 is 12.2 Å². The summed E-state index contributed by atoms with van der Waals surface area (Å²) in [6.07, 6.45) is 3.24. The Morgan fingerprint density at radius 1 is 1.18 bits per heavy atom. The highest BCUT2D eigenvalue weighted by Crippen LogP contribution is 2.41. The number of halogens is 3. The maximum atomic E-state index is 12.7. The van der Waals surface area contributed by atoms with Gasteiger partial charge in [-0.1, -0.05) is 35.9 Å². The van der Waals surface area contributed by atoms with Gasteiger partial charge in [0.15, 0.2) is 5.54 Å². The van der Waals surface area contributed by atoms with E-state index in [1.807, 2.05) is 24.3 Å². The van der Waals surface area contributed by atoms with Crippen LogP contribution in [0.2, 0.25) is 5.02 Å². The van der Waals surface area contributed by atoms with Crippen molar-refractivity contribution >= 4 is 24.1 Å². The van der Waals surface area contributed by atoms with Crippen LogP contribution in [0.4, 0.5) is 8.78 Å². The summed E-state index contributed by atoms with van der Waals surface area (Å²) in [5, 5.41) is 0.498. The van der Waals surface area contributed by atoms with Crippen molar-refractivity contribution in [3.8, 4) is 16.9 Å². The minimum absolute atomic E-state index is 0.00392. The molecule has 2 aromatic carbocycles. The Labute approximate surface area is 192 Å². The molecule has 0 saturated heterocycles. The zero-order valence-electron chi connectivity index (χ0n) is 17.3. The number of carbonyl (C=O) groups is 1. The summed E-state index contributed by atoms with van der Waals surface area (Å²) in [4.78, 5) is 24.0. The molecule has 0 bridgehead atoms. The second-order valence-corrected chi connectivity index (χ2v) is 7.65. The van der Waals surface area contributed by atoms with Gasteiger partial charge < -0.3 is 14.3 Å². The first-order chi connectivity index (χ1) is 15.9. The average Bonchev–Trinajstić information content (AvgIpc) is 3.22. The van der Waals surface area contributed by atoms with Crippen LogP contribution in [-0.2, 0) is 19.9 Å². The molecule has 1 atom stereocenters. The summed E-state index contributed by atoms with van der Waals surface area (Å²) in [6.45, 7) is -0.884. The topological polar surface area (TPSA) is 82.0 Å². The third-order valence-electron chi connectivity index (χ3n) is 5.15. The van der Waals surface area contributed by atoms with E-state index in [1.165, 1.54) is 12.1 Å². The first-order valence-electron chi connectivity index (χ1n) is 9.76. The predicted octanol–water partition coefficient (Wildman–Crippen LogP) is 4.62. The molecule has 33 heavy (non-hydrogen) atoms. The van der Waals surface area contributed by atoms with Crippen LogP contribution in [0, 0.1) is 6.92 Å². The van der Waals surface area contributed by atoms with Crippen molar-refractivity contribution < 1.29 is 27.9 Å². The number of hydroxylamine groups is 1. The van der Waals surface area contributed by atoms with Crippen LogP contribution in [0.15, 0.2) is 65.9 Å². The third kappa shape index (κ3) is 4.73. The lowest BCUT2D eigenvalue weighted by Gasteiger charge is -2.27.